The van der Waals surface area contributed by atoms with Gasteiger partial charge < -0.3 is 21.3 Å². The molecule has 0 radical (unpaired) electrons. The number of pyridine rings is 1. The summed E-state index contributed by atoms with van der Waals surface area (Å²) in [7, 11) is 1.69. The number of aromatic nitrogens is 1. The van der Waals surface area contributed by atoms with Gasteiger partial charge in [-0.3, -0.25) is 14.4 Å². The van der Waals surface area contributed by atoms with E-state index >= 15 is 0 Å². The Bertz CT molecular complexity index is 945. The van der Waals surface area contributed by atoms with Crippen molar-refractivity contribution in [1.82, 2.24) is 20.9 Å². The fourth-order valence-electron chi connectivity index (χ4n) is 3.75. The molecule has 178 valence electrons. The summed E-state index contributed by atoms with van der Waals surface area (Å²) in [6.07, 6.45) is 2.23. The first kappa shape index (κ1) is 26.3. The zero-order valence-electron chi connectivity index (χ0n) is 19.3. The zero-order chi connectivity index (χ0) is 23.3. The third-order valence-electron chi connectivity index (χ3n) is 5.78. The number of ketones is 1. The van der Waals surface area contributed by atoms with Crippen LogP contribution in [0, 0.1) is 5.92 Å². The summed E-state index contributed by atoms with van der Waals surface area (Å²) in [6, 6.07) is 10.1. The van der Waals surface area contributed by atoms with E-state index in [2.05, 4.69) is 26.3 Å². The molecule has 0 saturated heterocycles. The minimum atomic E-state index is -0.852. The van der Waals surface area contributed by atoms with Crippen molar-refractivity contribution in [2.75, 3.05) is 12.4 Å². The van der Waals surface area contributed by atoms with Crippen LogP contribution in [0.2, 0.25) is 0 Å². The first-order valence-electron chi connectivity index (χ1n) is 10.9. The maximum atomic E-state index is 13.7. The number of benzene rings is 1. The van der Waals surface area contributed by atoms with E-state index < -0.39 is 18.1 Å². The number of carbonyl (C=O) groups is 3. The molecule has 0 bridgehead atoms. The summed E-state index contributed by atoms with van der Waals surface area (Å²) in [6.45, 7) is 5.48. The first-order valence-corrected chi connectivity index (χ1v) is 10.9. The predicted octanol–water partition coefficient (Wildman–Crippen LogP) is 1.96. The lowest BCUT2D eigenvalue weighted by Crippen LogP contribution is -2.60. The van der Waals surface area contributed by atoms with Gasteiger partial charge in [0.15, 0.2) is 5.78 Å². The van der Waals surface area contributed by atoms with Crippen LogP contribution >= 0.6 is 12.4 Å². The largest absolute Gasteiger partial charge is 0.364 e. The van der Waals surface area contributed by atoms with Crippen LogP contribution < -0.4 is 21.3 Å². The predicted molar refractivity (Wildman–Crippen MR) is 131 cm³/mol. The van der Waals surface area contributed by atoms with Gasteiger partial charge in [-0.15, -0.1) is 12.4 Å². The van der Waals surface area contributed by atoms with Crippen LogP contribution in [-0.2, 0) is 16.0 Å². The van der Waals surface area contributed by atoms with Crippen LogP contribution in [0.5, 0.6) is 0 Å². The quantitative estimate of drug-likeness (QED) is 0.443. The third kappa shape index (κ3) is 6.30. The molecule has 0 aliphatic carbocycles. The van der Waals surface area contributed by atoms with E-state index in [4.69, 9.17) is 0 Å². The van der Waals surface area contributed by atoms with Gasteiger partial charge in [-0.05, 0) is 50.1 Å². The monoisotopic (exact) mass is 473 g/mol. The summed E-state index contributed by atoms with van der Waals surface area (Å²) >= 11 is 0. The van der Waals surface area contributed by atoms with Crippen molar-refractivity contribution in [3.63, 3.8) is 0 Å². The van der Waals surface area contributed by atoms with Gasteiger partial charge in [-0.25, -0.2) is 4.98 Å². The summed E-state index contributed by atoms with van der Waals surface area (Å²) in [5, 5.41) is 11.9. The number of anilines is 1. The Balaban J connectivity index is 0.00000385. The molecule has 1 aliphatic rings. The number of Topliss-reactive ketones (excluding diaryl/α,β-unsaturated/α-hetero) is 1. The molecule has 2 heterocycles. The topological polar surface area (TPSA) is 112 Å². The summed E-state index contributed by atoms with van der Waals surface area (Å²) in [5.41, 5.74) is 1.45. The Kier molecular flexibility index (Phi) is 9.37. The Hall–Kier alpha value is -2.97. The number of halogens is 1. The molecule has 1 aromatic carbocycles. The number of rotatable bonds is 9. The van der Waals surface area contributed by atoms with Crippen molar-refractivity contribution >= 4 is 35.8 Å². The molecule has 3 rings (SSSR count). The highest BCUT2D eigenvalue weighted by Gasteiger charge is 2.39. The van der Waals surface area contributed by atoms with Crippen LogP contribution in [0.25, 0.3) is 0 Å². The van der Waals surface area contributed by atoms with Crippen molar-refractivity contribution in [3.8, 4) is 0 Å². The molecule has 0 saturated carbocycles. The summed E-state index contributed by atoms with van der Waals surface area (Å²) < 4.78 is 0. The standard InChI is InChI=1S/C24H31N5O3.ClH/c1-14(2)19(28-23(31)15(3)25-4)21(30)20(29-24(32)16-9-6-5-7-10-16)18-13-17-11-8-12-26-22(17)27-18;/h5-12,14-15,18-20,25H,13H2,1-4H3,(H,26,27)(H,28,31)(H,29,32);1H/t15?,18?,19?,20-;/m0./s1. The van der Waals surface area contributed by atoms with E-state index in [0.717, 1.165) is 5.56 Å². The van der Waals surface area contributed by atoms with E-state index in [1.165, 1.54) is 0 Å². The van der Waals surface area contributed by atoms with Gasteiger partial charge in [0.05, 0.1) is 18.1 Å². The minimum Gasteiger partial charge on any atom is -0.364 e. The number of amides is 2. The lowest BCUT2D eigenvalue weighted by atomic mass is 9.89. The van der Waals surface area contributed by atoms with Crippen LogP contribution in [0.4, 0.5) is 5.82 Å². The van der Waals surface area contributed by atoms with Crippen LogP contribution in [0.1, 0.15) is 36.7 Å². The van der Waals surface area contributed by atoms with E-state index in [-0.39, 0.29) is 42.0 Å². The number of nitrogens with one attached hydrogen (secondary N) is 4. The van der Waals surface area contributed by atoms with Gasteiger partial charge >= 0.3 is 0 Å². The number of nitrogens with zero attached hydrogens (tertiary/aromatic N) is 1. The highest BCUT2D eigenvalue weighted by molar-refractivity contribution is 6.01. The van der Waals surface area contributed by atoms with Crippen LogP contribution in [-0.4, -0.2) is 53.8 Å². The molecule has 4 N–H and O–H groups in total. The molecule has 8 nitrogen and oxygen atoms in total. The first-order chi connectivity index (χ1) is 15.3. The highest BCUT2D eigenvalue weighted by atomic mass is 35.5. The molecule has 1 aromatic heterocycles. The van der Waals surface area contributed by atoms with Gasteiger partial charge in [-0.2, -0.15) is 0 Å². The van der Waals surface area contributed by atoms with Gasteiger partial charge in [0.1, 0.15) is 11.9 Å². The van der Waals surface area contributed by atoms with Crippen molar-refractivity contribution in [1.29, 1.82) is 0 Å². The van der Waals surface area contributed by atoms with E-state index in [1.807, 2.05) is 32.0 Å². The fourth-order valence-corrected chi connectivity index (χ4v) is 3.75. The highest BCUT2D eigenvalue weighted by Crippen LogP contribution is 2.26. The molecule has 9 heteroatoms. The van der Waals surface area contributed by atoms with Gasteiger partial charge in [-0.1, -0.05) is 38.1 Å². The van der Waals surface area contributed by atoms with E-state index in [1.54, 1.807) is 44.4 Å². The number of hydrogen-bond acceptors (Lipinski definition) is 6. The Labute approximate surface area is 200 Å². The Morgan fingerprint density at radius 1 is 1.03 bits per heavy atom. The average Bonchev–Trinajstić information content (AvgIpc) is 3.23. The maximum absolute atomic E-state index is 13.7. The molecular weight excluding hydrogens is 442 g/mol. The normalized spacial score (nSPS) is 17.1. The lowest BCUT2D eigenvalue weighted by Gasteiger charge is -2.30. The molecule has 2 aromatic rings. The molecule has 33 heavy (non-hydrogen) atoms. The number of likely N-dealkylation sites (N-methyl/N-ethyl adjacent to an activating group) is 1. The number of carbonyl (C=O) groups excluding carboxylic acids is 3. The Morgan fingerprint density at radius 2 is 1.73 bits per heavy atom. The molecule has 1 aliphatic heterocycles. The Morgan fingerprint density at radius 3 is 2.33 bits per heavy atom. The van der Waals surface area contributed by atoms with Crippen molar-refractivity contribution in [3.05, 3.63) is 59.8 Å². The van der Waals surface area contributed by atoms with Crippen molar-refractivity contribution in [2.45, 2.75) is 51.4 Å². The minimum absolute atomic E-state index is 0. The van der Waals surface area contributed by atoms with E-state index in [9.17, 15) is 14.4 Å². The van der Waals surface area contributed by atoms with Gasteiger partial charge in [0.2, 0.25) is 5.91 Å². The summed E-state index contributed by atoms with van der Waals surface area (Å²) in [5.74, 6) is -0.304. The lowest BCUT2D eigenvalue weighted by molar-refractivity contribution is -0.130. The molecule has 4 atom stereocenters. The SMILES string of the molecule is CNC(C)C(=O)NC(C(=O)[C@@H](NC(=O)c1ccccc1)C1Cc2cccnc2N1)C(C)C.Cl. The fraction of sp³-hybridized carbons (Fsp3) is 0.417. The number of hydrogen-bond donors (Lipinski definition) is 4. The van der Waals surface area contributed by atoms with Crippen molar-refractivity contribution in [2.24, 2.45) is 5.92 Å². The number of fused-ring (bicyclic) bond motifs is 1. The van der Waals surface area contributed by atoms with Crippen LogP contribution in [0.15, 0.2) is 48.7 Å². The second-order valence-electron chi connectivity index (χ2n) is 8.43. The molecular formula is C24H32ClN5O3. The van der Waals surface area contributed by atoms with Crippen LogP contribution in [0.3, 0.4) is 0 Å². The molecule has 3 unspecified atom stereocenters. The molecule has 2 amide bonds. The zero-order valence-corrected chi connectivity index (χ0v) is 20.1. The van der Waals surface area contributed by atoms with Gasteiger partial charge in [0, 0.05) is 11.8 Å². The second-order valence-corrected chi connectivity index (χ2v) is 8.43. The summed E-state index contributed by atoms with van der Waals surface area (Å²) in [4.78, 5) is 43.5. The molecule has 0 fully saturated rings. The maximum Gasteiger partial charge on any atom is 0.251 e. The van der Waals surface area contributed by atoms with E-state index in [0.29, 0.717) is 17.8 Å². The third-order valence-corrected chi connectivity index (χ3v) is 5.78. The average molecular weight is 474 g/mol. The molecule has 0 spiro atoms. The van der Waals surface area contributed by atoms with Crippen molar-refractivity contribution < 1.29 is 14.4 Å². The second kappa shape index (κ2) is 11.8. The smallest absolute Gasteiger partial charge is 0.251 e. The van der Waals surface area contributed by atoms with Gasteiger partial charge in [0.25, 0.3) is 5.91 Å².